The summed E-state index contributed by atoms with van der Waals surface area (Å²) in [4.78, 5) is 31.3. The SMILES string of the molecule is C=CCn1c(SCC(=O)Nc2ccccc2C(F)(F)F)nc2sc(C)c(C)c2c1=O. The van der Waals surface area contributed by atoms with E-state index in [1.165, 1.54) is 34.1 Å². The largest absolute Gasteiger partial charge is 0.418 e. The van der Waals surface area contributed by atoms with Crippen molar-refractivity contribution in [2.45, 2.75) is 31.7 Å². The van der Waals surface area contributed by atoms with E-state index in [1.54, 1.807) is 6.08 Å². The van der Waals surface area contributed by atoms with Gasteiger partial charge in [-0.1, -0.05) is 30.0 Å². The summed E-state index contributed by atoms with van der Waals surface area (Å²) in [6, 6.07) is 4.77. The summed E-state index contributed by atoms with van der Waals surface area (Å²) < 4.78 is 40.7. The minimum atomic E-state index is -4.58. The van der Waals surface area contributed by atoms with Gasteiger partial charge in [0.2, 0.25) is 5.91 Å². The molecule has 0 unspecified atom stereocenters. The fraction of sp³-hybridized carbons (Fsp3) is 0.250. The zero-order valence-electron chi connectivity index (χ0n) is 16.2. The summed E-state index contributed by atoms with van der Waals surface area (Å²) in [6.45, 7) is 7.61. The molecule has 3 rings (SSSR count). The standard InChI is InChI=1S/C20H18F3N3O2S2/c1-4-9-26-18(28)16-11(2)12(3)30-17(16)25-19(26)29-10-15(27)24-14-8-6-5-7-13(14)20(21,22)23/h4-8H,1,9-10H2,2-3H3,(H,24,27). The van der Waals surface area contributed by atoms with Crippen LogP contribution in [0.1, 0.15) is 16.0 Å². The summed E-state index contributed by atoms with van der Waals surface area (Å²) in [5, 5.41) is 3.14. The number of benzene rings is 1. The minimum absolute atomic E-state index is 0.204. The number of aromatic nitrogens is 2. The lowest BCUT2D eigenvalue weighted by Crippen LogP contribution is -2.24. The number of amides is 1. The quantitative estimate of drug-likeness (QED) is 0.324. The van der Waals surface area contributed by atoms with Crippen LogP contribution in [0.25, 0.3) is 10.2 Å². The van der Waals surface area contributed by atoms with E-state index >= 15 is 0 Å². The zero-order valence-corrected chi connectivity index (χ0v) is 17.8. The molecule has 1 amide bonds. The first-order valence-corrected chi connectivity index (χ1v) is 10.6. The number of alkyl halides is 3. The van der Waals surface area contributed by atoms with Crippen molar-refractivity contribution >= 4 is 44.9 Å². The monoisotopic (exact) mass is 453 g/mol. The van der Waals surface area contributed by atoms with E-state index in [4.69, 9.17) is 0 Å². The van der Waals surface area contributed by atoms with Gasteiger partial charge in [-0.2, -0.15) is 13.2 Å². The summed E-state index contributed by atoms with van der Waals surface area (Å²) >= 11 is 2.38. The maximum Gasteiger partial charge on any atom is 0.418 e. The van der Waals surface area contributed by atoms with Crippen molar-refractivity contribution < 1.29 is 18.0 Å². The molecule has 0 saturated carbocycles. The third kappa shape index (κ3) is 4.44. The number of allylic oxidation sites excluding steroid dienone is 1. The summed E-state index contributed by atoms with van der Waals surface area (Å²) in [5.74, 6) is -0.834. The summed E-state index contributed by atoms with van der Waals surface area (Å²) in [6.07, 6.45) is -3.03. The average molecular weight is 454 g/mol. The molecule has 0 bridgehead atoms. The molecule has 1 N–H and O–H groups in total. The van der Waals surface area contributed by atoms with Gasteiger partial charge in [-0.15, -0.1) is 17.9 Å². The number of nitrogens with one attached hydrogen (secondary N) is 1. The second-order valence-corrected chi connectivity index (χ2v) is 8.59. The summed E-state index contributed by atoms with van der Waals surface area (Å²) in [7, 11) is 0. The highest BCUT2D eigenvalue weighted by molar-refractivity contribution is 7.99. The molecule has 2 aromatic heterocycles. The number of hydrogen-bond acceptors (Lipinski definition) is 5. The van der Waals surface area contributed by atoms with Crippen molar-refractivity contribution in [2.75, 3.05) is 11.1 Å². The molecule has 0 spiro atoms. The van der Waals surface area contributed by atoms with E-state index in [2.05, 4.69) is 16.9 Å². The molecule has 0 aliphatic heterocycles. The first kappa shape index (κ1) is 22.1. The van der Waals surface area contributed by atoms with E-state index in [0.717, 1.165) is 28.3 Å². The first-order chi connectivity index (χ1) is 14.1. The molecular formula is C20H18F3N3O2S2. The molecule has 0 atom stereocenters. The minimum Gasteiger partial charge on any atom is -0.325 e. The van der Waals surface area contributed by atoms with Crippen LogP contribution in [0.3, 0.4) is 0 Å². The number of rotatable bonds is 6. The Morgan fingerprint density at radius 2 is 2.03 bits per heavy atom. The van der Waals surface area contributed by atoms with Gasteiger partial charge in [0.1, 0.15) is 4.83 Å². The highest BCUT2D eigenvalue weighted by Crippen LogP contribution is 2.34. The molecule has 0 aliphatic carbocycles. The van der Waals surface area contributed by atoms with Gasteiger partial charge in [-0.05, 0) is 31.5 Å². The Balaban J connectivity index is 1.85. The van der Waals surface area contributed by atoms with Gasteiger partial charge >= 0.3 is 6.18 Å². The normalized spacial score (nSPS) is 11.6. The molecule has 10 heteroatoms. The highest BCUT2D eigenvalue weighted by Gasteiger charge is 2.33. The third-order valence-electron chi connectivity index (χ3n) is 4.40. The maximum atomic E-state index is 13.1. The van der Waals surface area contributed by atoms with Gasteiger partial charge in [-0.25, -0.2) is 4.98 Å². The van der Waals surface area contributed by atoms with Gasteiger partial charge in [0.15, 0.2) is 5.16 Å². The van der Waals surface area contributed by atoms with E-state index in [9.17, 15) is 22.8 Å². The second kappa shape index (κ2) is 8.65. The molecule has 0 aliphatic rings. The molecule has 0 fully saturated rings. The zero-order chi connectivity index (χ0) is 22.1. The van der Waals surface area contributed by atoms with Crippen LogP contribution in [-0.4, -0.2) is 21.2 Å². The Morgan fingerprint density at radius 1 is 1.33 bits per heavy atom. The Kier molecular flexibility index (Phi) is 6.37. The smallest absolute Gasteiger partial charge is 0.325 e. The second-order valence-electron chi connectivity index (χ2n) is 6.44. The lowest BCUT2D eigenvalue weighted by Gasteiger charge is -2.14. The lowest BCUT2D eigenvalue weighted by atomic mass is 10.1. The van der Waals surface area contributed by atoms with Crippen LogP contribution in [0.15, 0.2) is 46.9 Å². The Morgan fingerprint density at radius 3 is 2.70 bits per heavy atom. The number of para-hydroxylation sites is 1. The number of fused-ring (bicyclic) bond motifs is 1. The van der Waals surface area contributed by atoms with Crippen molar-refractivity contribution in [3.8, 4) is 0 Å². The number of anilines is 1. The van der Waals surface area contributed by atoms with Gasteiger partial charge in [-0.3, -0.25) is 14.2 Å². The molecule has 1 aromatic carbocycles. The molecule has 0 saturated heterocycles. The van der Waals surface area contributed by atoms with Crippen LogP contribution < -0.4 is 10.9 Å². The average Bonchev–Trinajstić information content (AvgIpc) is 2.96. The van der Waals surface area contributed by atoms with E-state index in [0.29, 0.717) is 15.4 Å². The van der Waals surface area contributed by atoms with E-state index < -0.39 is 17.6 Å². The van der Waals surface area contributed by atoms with E-state index in [-0.39, 0.29) is 23.5 Å². The Hall–Kier alpha value is -2.59. The van der Waals surface area contributed by atoms with Crippen molar-refractivity contribution in [1.82, 2.24) is 9.55 Å². The topological polar surface area (TPSA) is 64.0 Å². The van der Waals surface area contributed by atoms with Gasteiger partial charge < -0.3 is 5.32 Å². The molecular weight excluding hydrogens is 435 g/mol. The predicted molar refractivity (Wildman–Crippen MR) is 114 cm³/mol. The van der Waals surface area contributed by atoms with Crippen LogP contribution in [0.2, 0.25) is 0 Å². The van der Waals surface area contributed by atoms with Gasteiger partial charge in [0.05, 0.1) is 22.4 Å². The molecule has 0 radical (unpaired) electrons. The fourth-order valence-corrected chi connectivity index (χ4v) is 4.74. The number of halogens is 3. The number of aryl methyl sites for hydroxylation is 2. The number of hydrogen-bond donors (Lipinski definition) is 1. The fourth-order valence-electron chi connectivity index (χ4n) is 2.86. The molecule has 2 heterocycles. The Bertz CT molecular complexity index is 1180. The van der Waals surface area contributed by atoms with Gasteiger partial charge in [0, 0.05) is 11.4 Å². The lowest BCUT2D eigenvalue weighted by molar-refractivity contribution is -0.137. The third-order valence-corrected chi connectivity index (χ3v) is 6.48. The molecule has 3 aromatic rings. The number of nitrogens with zero attached hydrogens (tertiary/aromatic N) is 2. The van der Waals surface area contributed by atoms with Crippen LogP contribution in [0.5, 0.6) is 0 Å². The number of thioether (sulfide) groups is 1. The molecule has 158 valence electrons. The highest BCUT2D eigenvalue weighted by atomic mass is 32.2. The number of carbonyl (C=O) groups excluding carboxylic acids is 1. The van der Waals surface area contributed by atoms with Crippen molar-refractivity contribution in [3.63, 3.8) is 0 Å². The van der Waals surface area contributed by atoms with Crippen molar-refractivity contribution in [1.29, 1.82) is 0 Å². The van der Waals surface area contributed by atoms with Crippen LogP contribution in [0.4, 0.5) is 18.9 Å². The number of thiophene rings is 1. The number of carbonyl (C=O) groups is 1. The summed E-state index contributed by atoms with van der Waals surface area (Å²) in [5.41, 5.74) is -0.599. The molecule has 30 heavy (non-hydrogen) atoms. The van der Waals surface area contributed by atoms with Crippen LogP contribution in [0, 0.1) is 13.8 Å². The van der Waals surface area contributed by atoms with Crippen LogP contribution >= 0.6 is 23.1 Å². The van der Waals surface area contributed by atoms with Gasteiger partial charge in [0.25, 0.3) is 5.56 Å². The van der Waals surface area contributed by atoms with Crippen molar-refractivity contribution in [3.05, 3.63) is 63.3 Å². The predicted octanol–water partition coefficient (Wildman–Crippen LogP) is 5.01. The van der Waals surface area contributed by atoms with Crippen molar-refractivity contribution in [2.24, 2.45) is 0 Å². The molecule has 5 nitrogen and oxygen atoms in total. The van der Waals surface area contributed by atoms with Crippen LogP contribution in [-0.2, 0) is 17.5 Å². The Labute approximate surface area is 178 Å². The first-order valence-electron chi connectivity index (χ1n) is 8.83. The van der Waals surface area contributed by atoms with E-state index in [1.807, 2.05) is 13.8 Å². The maximum absolute atomic E-state index is 13.1.